The molecule has 0 N–H and O–H groups in total. The Labute approximate surface area is 296 Å². The molecule has 0 saturated carbocycles. The largest absolute Gasteiger partial charge is 0.463 e. The van der Waals surface area contributed by atoms with Gasteiger partial charge >= 0.3 is 11.9 Å². The highest BCUT2D eigenvalue weighted by Crippen LogP contribution is 2.14. The van der Waals surface area contributed by atoms with Crippen LogP contribution in [0.2, 0.25) is 0 Å². The van der Waals surface area contributed by atoms with Crippen molar-refractivity contribution in [3.63, 3.8) is 0 Å². The van der Waals surface area contributed by atoms with E-state index in [9.17, 15) is 9.59 Å². The maximum Gasteiger partial charge on any atom is 0.308 e. The molecule has 0 aromatic carbocycles. The molecular weight excluding hydrogens is 640 g/mol. The van der Waals surface area contributed by atoms with E-state index in [0.717, 1.165) is 38.5 Å². The SMILES string of the molecule is CCCCCCCC(=O)OCCOCCOCCOCCOCCOCCOCCOCCOCCOCCOC(=O)C(CC)CCCC. The van der Waals surface area contributed by atoms with Gasteiger partial charge in [0.2, 0.25) is 0 Å². The highest BCUT2D eigenvalue weighted by molar-refractivity contribution is 5.72. The van der Waals surface area contributed by atoms with Gasteiger partial charge in [-0.15, -0.1) is 0 Å². The van der Waals surface area contributed by atoms with E-state index in [1.165, 1.54) is 19.3 Å². The van der Waals surface area contributed by atoms with Gasteiger partial charge in [0.1, 0.15) is 13.2 Å². The third-order valence-corrected chi connectivity index (χ3v) is 7.16. The number of esters is 2. The van der Waals surface area contributed by atoms with Crippen molar-refractivity contribution >= 4 is 11.9 Å². The molecule has 0 saturated heterocycles. The first-order chi connectivity index (χ1) is 24.2. The molecule has 0 fully saturated rings. The first-order valence-corrected chi connectivity index (χ1v) is 18.7. The third-order valence-electron chi connectivity index (χ3n) is 7.16. The molecule has 0 radical (unpaired) electrons. The second kappa shape index (κ2) is 41.0. The van der Waals surface area contributed by atoms with Gasteiger partial charge in [-0.2, -0.15) is 0 Å². The van der Waals surface area contributed by atoms with Crippen LogP contribution >= 0.6 is 0 Å². The number of hydrogen-bond acceptors (Lipinski definition) is 13. The predicted octanol–water partition coefficient (Wildman–Crippen LogP) is 4.80. The lowest BCUT2D eigenvalue weighted by Crippen LogP contribution is -2.20. The summed E-state index contributed by atoms with van der Waals surface area (Å²) in [7, 11) is 0. The van der Waals surface area contributed by atoms with Crippen LogP contribution in [0.25, 0.3) is 0 Å². The fourth-order valence-corrected chi connectivity index (χ4v) is 4.28. The lowest BCUT2D eigenvalue weighted by Gasteiger charge is -2.13. The highest BCUT2D eigenvalue weighted by atomic mass is 16.6. The van der Waals surface area contributed by atoms with E-state index in [-0.39, 0.29) is 31.1 Å². The fraction of sp³-hybridized carbons (Fsp3) is 0.944. The van der Waals surface area contributed by atoms with Crippen molar-refractivity contribution in [1.82, 2.24) is 0 Å². The Kier molecular flexibility index (Phi) is 39.8. The zero-order valence-electron chi connectivity index (χ0n) is 31.1. The van der Waals surface area contributed by atoms with E-state index in [0.29, 0.717) is 125 Å². The summed E-state index contributed by atoms with van der Waals surface area (Å²) in [5.41, 5.74) is 0. The summed E-state index contributed by atoms with van der Waals surface area (Å²) in [5, 5.41) is 0. The average molecular weight is 711 g/mol. The second-order valence-electron chi connectivity index (χ2n) is 11.3. The maximum atomic E-state index is 12.0. The van der Waals surface area contributed by atoms with Crippen molar-refractivity contribution in [1.29, 1.82) is 0 Å². The molecule has 13 heteroatoms. The molecule has 49 heavy (non-hydrogen) atoms. The van der Waals surface area contributed by atoms with Crippen molar-refractivity contribution in [3.8, 4) is 0 Å². The van der Waals surface area contributed by atoms with Gasteiger partial charge in [-0.25, -0.2) is 0 Å². The smallest absolute Gasteiger partial charge is 0.308 e. The van der Waals surface area contributed by atoms with Crippen LogP contribution in [0.4, 0.5) is 0 Å². The topological polar surface area (TPSA) is 136 Å². The normalized spacial score (nSPS) is 12.0. The Hall–Kier alpha value is -1.42. The van der Waals surface area contributed by atoms with Crippen LogP contribution in [-0.2, 0) is 61.7 Å². The van der Waals surface area contributed by atoms with E-state index < -0.39 is 0 Å². The average Bonchev–Trinajstić information content (AvgIpc) is 3.10. The second-order valence-corrected chi connectivity index (χ2v) is 11.3. The molecule has 0 aromatic rings. The number of ether oxygens (including phenoxy) is 11. The summed E-state index contributed by atoms with van der Waals surface area (Å²) in [4.78, 5) is 23.6. The van der Waals surface area contributed by atoms with Crippen molar-refractivity contribution in [3.05, 3.63) is 0 Å². The zero-order chi connectivity index (χ0) is 35.7. The molecule has 292 valence electrons. The quantitative estimate of drug-likeness (QED) is 0.0636. The molecule has 0 aromatic heterocycles. The summed E-state index contributed by atoms with van der Waals surface area (Å²) < 4.78 is 59.6. The lowest BCUT2D eigenvalue weighted by molar-refractivity contribution is -0.150. The Morgan fingerprint density at radius 1 is 0.388 bits per heavy atom. The summed E-state index contributed by atoms with van der Waals surface area (Å²) >= 11 is 0. The van der Waals surface area contributed by atoms with Crippen molar-refractivity contribution in [2.75, 3.05) is 132 Å². The number of carbonyl (C=O) groups excluding carboxylic acids is 2. The summed E-state index contributed by atoms with van der Waals surface area (Å²) in [6.07, 6.45) is 9.89. The number of rotatable bonds is 41. The third kappa shape index (κ3) is 37.7. The Morgan fingerprint density at radius 2 is 0.714 bits per heavy atom. The van der Waals surface area contributed by atoms with E-state index in [1.807, 2.05) is 6.92 Å². The van der Waals surface area contributed by atoms with E-state index in [1.54, 1.807) is 0 Å². The number of unbranched alkanes of at least 4 members (excludes halogenated alkanes) is 5. The predicted molar refractivity (Wildman–Crippen MR) is 186 cm³/mol. The summed E-state index contributed by atoms with van der Waals surface area (Å²) in [5.74, 6) is -0.277. The molecule has 0 heterocycles. The lowest BCUT2D eigenvalue weighted by atomic mass is 10.00. The van der Waals surface area contributed by atoms with Crippen LogP contribution in [0.3, 0.4) is 0 Å². The molecule has 1 unspecified atom stereocenters. The first-order valence-electron chi connectivity index (χ1n) is 18.7. The van der Waals surface area contributed by atoms with Gasteiger partial charge in [-0.05, 0) is 19.3 Å². The van der Waals surface area contributed by atoms with Crippen LogP contribution in [0.5, 0.6) is 0 Å². The molecule has 0 aliphatic rings. The monoisotopic (exact) mass is 710 g/mol. The van der Waals surface area contributed by atoms with Gasteiger partial charge in [-0.3, -0.25) is 9.59 Å². The van der Waals surface area contributed by atoms with Crippen molar-refractivity contribution in [2.24, 2.45) is 5.92 Å². The Balaban J connectivity index is 3.17. The molecule has 0 spiro atoms. The van der Waals surface area contributed by atoms with Gasteiger partial charge < -0.3 is 52.1 Å². The van der Waals surface area contributed by atoms with Crippen molar-refractivity contribution < 1.29 is 61.7 Å². The fourth-order valence-electron chi connectivity index (χ4n) is 4.28. The van der Waals surface area contributed by atoms with Gasteiger partial charge in [0.05, 0.1) is 125 Å². The summed E-state index contributed by atoms with van der Waals surface area (Å²) in [6, 6.07) is 0. The van der Waals surface area contributed by atoms with E-state index in [2.05, 4.69) is 13.8 Å². The maximum absolute atomic E-state index is 12.0. The Bertz CT molecular complexity index is 683. The van der Waals surface area contributed by atoms with Crippen LogP contribution in [0.1, 0.15) is 85.0 Å². The highest BCUT2D eigenvalue weighted by Gasteiger charge is 2.17. The minimum absolute atomic E-state index is 0.00574. The molecule has 0 aliphatic heterocycles. The van der Waals surface area contributed by atoms with Gasteiger partial charge in [0.15, 0.2) is 0 Å². The molecule has 0 bridgehead atoms. The molecule has 13 nitrogen and oxygen atoms in total. The van der Waals surface area contributed by atoms with Gasteiger partial charge in [0, 0.05) is 6.42 Å². The minimum Gasteiger partial charge on any atom is -0.463 e. The van der Waals surface area contributed by atoms with Crippen LogP contribution < -0.4 is 0 Å². The molecule has 1 atom stereocenters. The van der Waals surface area contributed by atoms with Gasteiger partial charge in [0.25, 0.3) is 0 Å². The van der Waals surface area contributed by atoms with Crippen LogP contribution in [-0.4, -0.2) is 144 Å². The zero-order valence-corrected chi connectivity index (χ0v) is 31.1. The van der Waals surface area contributed by atoms with Crippen LogP contribution in [0.15, 0.2) is 0 Å². The molecule has 0 aliphatic carbocycles. The Morgan fingerprint density at radius 3 is 1.06 bits per heavy atom. The van der Waals surface area contributed by atoms with Gasteiger partial charge in [-0.1, -0.05) is 59.3 Å². The van der Waals surface area contributed by atoms with E-state index in [4.69, 9.17) is 52.1 Å². The summed E-state index contributed by atoms with van der Waals surface area (Å²) in [6.45, 7) is 15.3. The molecular formula is C36H70O13. The standard InChI is InChI=1S/C36H70O13/c1-4-7-9-10-11-13-35(37)48-32-30-46-28-26-44-24-22-42-20-18-40-16-14-39-15-17-41-19-21-43-23-25-45-27-29-47-31-33-49-36(38)34(6-3)12-8-5-2/h34H,4-33H2,1-3H3. The van der Waals surface area contributed by atoms with Crippen molar-refractivity contribution in [2.45, 2.75) is 85.0 Å². The number of hydrogen-bond donors (Lipinski definition) is 0. The minimum atomic E-state index is -0.149. The first kappa shape index (κ1) is 47.6. The number of carbonyl (C=O) groups is 2. The van der Waals surface area contributed by atoms with Crippen LogP contribution in [0, 0.1) is 5.92 Å². The van der Waals surface area contributed by atoms with E-state index >= 15 is 0 Å². The molecule has 0 amide bonds. The molecule has 0 rings (SSSR count).